The maximum absolute atomic E-state index is 3.87. The molecule has 1 aromatic heterocycles. The number of thiophene rings is 1. The Morgan fingerprint density at radius 3 is 2.06 bits per heavy atom. The second-order valence-electron chi connectivity index (χ2n) is 7.42. The largest absolute Gasteiger partial charge is 0.144 e. The lowest BCUT2D eigenvalue weighted by molar-refractivity contribution is 0.247. The molecule has 1 rings (SSSR count). The summed E-state index contributed by atoms with van der Waals surface area (Å²) in [5.74, 6) is 0.710. The predicted molar refractivity (Wildman–Crippen MR) is 87.9 cm³/mol. The molecule has 0 aromatic carbocycles. The van der Waals surface area contributed by atoms with Crippen LogP contribution in [-0.4, -0.2) is 0 Å². The van der Waals surface area contributed by atoms with Gasteiger partial charge in [0.05, 0.1) is 0 Å². The Hall–Kier alpha value is 0.180. The lowest BCUT2D eigenvalue weighted by atomic mass is 9.79. The Morgan fingerprint density at radius 1 is 1.11 bits per heavy atom. The van der Waals surface area contributed by atoms with Gasteiger partial charge in [-0.1, -0.05) is 64.4 Å². The van der Waals surface area contributed by atoms with Crippen LogP contribution in [0.4, 0.5) is 0 Å². The van der Waals surface area contributed by atoms with E-state index in [0.29, 0.717) is 16.2 Å². The summed E-state index contributed by atoms with van der Waals surface area (Å²) >= 11 is 5.82. The molecule has 2 atom stereocenters. The van der Waals surface area contributed by atoms with Crippen molar-refractivity contribution in [3.8, 4) is 0 Å². The molecule has 0 amide bonds. The van der Waals surface area contributed by atoms with Crippen molar-refractivity contribution in [3.63, 3.8) is 0 Å². The molecule has 2 unspecified atom stereocenters. The zero-order valence-electron chi connectivity index (χ0n) is 12.8. The summed E-state index contributed by atoms with van der Waals surface area (Å²) in [5, 5.41) is 0. The third kappa shape index (κ3) is 4.38. The van der Waals surface area contributed by atoms with Crippen LogP contribution in [0.15, 0.2) is 12.1 Å². The number of hydrogen-bond acceptors (Lipinski definition) is 1. The SMILES string of the molecule is CC(CC(Br)c1ccc(C(C)(C)C)s1)C(C)(C)C. The Bertz CT molecular complexity index is 379. The Balaban J connectivity index is 2.74. The van der Waals surface area contributed by atoms with Crippen LogP contribution in [0.5, 0.6) is 0 Å². The normalized spacial score (nSPS) is 16.7. The molecule has 0 nitrogen and oxygen atoms in total. The van der Waals surface area contributed by atoms with Crippen molar-refractivity contribution in [2.75, 3.05) is 0 Å². The molecule has 2 heteroatoms. The van der Waals surface area contributed by atoms with Gasteiger partial charge in [-0.15, -0.1) is 11.3 Å². The molecule has 0 bridgehead atoms. The molecule has 0 radical (unpaired) electrons. The van der Waals surface area contributed by atoms with Crippen LogP contribution in [0.3, 0.4) is 0 Å². The van der Waals surface area contributed by atoms with Gasteiger partial charge in [-0.25, -0.2) is 0 Å². The summed E-state index contributed by atoms with van der Waals surface area (Å²) in [5.41, 5.74) is 0.654. The van der Waals surface area contributed by atoms with Crippen LogP contribution in [0.25, 0.3) is 0 Å². The molecular formula is C16H27BrS. The fraction of sp³-hybridized carbons (Fsp3) is 0.750. The Kier molecular flexibility index (Phi) is 5.11. The topological polar surface area (TPSA) is 0 Å². The van der Waals surface area contributed by atoms with E-state index in [0.717, 1.165) is 0 Å². The van der Waals surface area contributed by atoms with Crippen LogP contribution in [0.2, 0.25) is 0 Å². The minimum Gasteiger partial charge on any atom is -0.144 e. The molecule has 0 aliphatic rings. The molecule has 104 valence electrons. The van der Waals surface area contributed by atoms with E-state index in [1.54, 1.807) is 0 Å². The first-order chi connectivity index (χ1) is 8.01. The second-order valence-corrected chi connectivity index (χ2v) is 9.64. The van der Waals surface area contributed by atoms with Gasteiger partial charge in [-0.2, -0.15) is 0 Å². The van der Waals surface area contributed by atoms with E-state index in [9.17, 15) is 0 Å². The zero-order chi connectivity index (χ0) is 14.1. The van der Waals surface area contributed by atoms with E-state index < -0.39 is 0 Å². The third-order valence-corrected chi connectivity index (χ3v) is 6.51. The first kappa shape index (κ1) is 16.2. The van der Waals surface area contributed by atoms with Crippen LogP contribution in [0, 0.1) is 11.3 Å². The molecule has 1 aromatic rings. The highest BCUT2D eigenvalue weighted by Crippen LogP contribution is 2.41. The number of alkyl halides is 1. The molecule has 0 spiro atoms. The first-order valence-corrected chi connectivity index (χ1v) is 8.49. The van der Waals surface area contributed by atoms with E-state index in [-0.39, 0.29) is 5.41 Å². The maximum atomic E-state index is 3.87. The molecule has 0 saturated carbocycles. The second kappa shape index (κ2) is 5.66. The van der Waals surface area contributed by atoms with Gasteiger partial charge in [0, 0.05) is 14.6 Å². The summed E-state index contributed by atoms with van der Waals surface area (Å²) in [6.45, 7) is 16.2. The molecular weight excluding hydrogens is 304 g/mol. The fourth-order valence-corrected chi connectivity index (χ4v) is 3.75. The quantitative estimate of drug-likeness (QED) is 0.551. The van der Waals surface area contributed by atoms with Gasteiger partial charge in [0.25, 0.3) is 0 Å². The molecule has 0 N–H and O–H groups in total. The molecule has 0 saturated heterocycles. The highest BCUT2D eigenvalue weighted by molar-refractivity contribution is 9.09. The van der Waals surface area contributed by atoms with Crippen LogP contribution < -0.4 is 0 Å². The number of halogens is 1. The lowest BCUT2D eigenvalue weighted by Crippen LogP contribution is -2.18. The standard InChI is InChI=1S/C16H27BrS/c1-11(15(2,3)4)10-12(17)13-8-9-14(18-13)16(5,6)7/h8-9,11-12H,10H2,1-7H3. The first-order valence-electron chi connectivity index (χ1n) is 6.76. The molecule has 0 fully saturated rings. The van der Waals surface area contributed by atoms with Gasteiger partial charge >= 0.3 is 0 Å². The highest BCUT2D eigenvalue weighted by Gasteiger charge is 2.25. The van der Waals surface area contributed by atoms with Crippen molar-refractivity contribution >= 4 is 27.3 Å². The monoisotopic (exact) mass is 330 g/mol. The van der Waals surface area contributed by atoms with Crippen molar-refractivity contribution in [1.29, 1.82) is 0 Å². The van der Waals surface area contributed by atoms with Crippen molar-refractivity contribution in [3.05, 3.63) is 21.9 Å². The number of hydrogen-bond donors (Lipinski definition) is 0. The molecule has 0 aliphatic heterocycles. The summed E-state index contributed by atoms with van der Waals surface area (Å²) in [4.78, 5) is 3.44. The van der Waals surface area contributed by atoms with Gasteiger partial charge < -0.3 is 0 Å². The van der Waals surface area contributed by atoms with Crippen molar-refractivity contribution in [2.24, 2.45) is 11.3 Å². The van der Waals surface area contributed by atoms with Gasteiger partial charge in [0.15, 0.2) is 0 Å². The summed E-state index contributed by atoms with van der Waals surface area (Å²) in [7, 11) is 0. The Labute approximate surface area is 125 Å². The van der Waals surface area contributed by atoms with Crippen molar-refractivity contribution in [2.45, 2.75) is 65.1 Å². The molecule has 0 aliphatic carbocycles. The predicted octanol–water partition coefficient (Wildman–Crippen LogP) is 6.55. The average molecular weight is 331 g/mol. The van der Waals surface area contributed by atoms with Crippen LogP contribution in [-0.2, 0) is 5.41 Å². The fourth-order valence-electron chi connectivity index (χ4n) is 1.70. The molecule has 18 heavy (non-hydrogen) atoms. The molecule has 1 heterocycles. The van der Waals surface area contributed by atoms with Gasteiger partial charge in [-0.3, -0.25) is 0 Å². The summed E-state index contributed by atoms with van der Waals surface area (Å²) in [6.07, 6.45) is 1.20. The average Bonchev–Trinajstić information content (AvgIpc) is 2.63. The summed E-state index contributed by atoms with van der Waals surface area (Å²) < 4.78 is 0. The third-order valence-electron chi connectivity index (χ3n) is 3.71. The van der Waals surface area contributed by atoms with Gasteiger partial charge in [-0.05, 0) is 35.3 Å². The summed E-state index contributed by atoms with van der Waals surface area (Å²) in [6, 6.07) is 4.58. The van der Waals surface area contributed by atoms with E-state index in [4.69, 9.17) is 0 Å². The Morgan fingerprint density at radius 2 is 1.67 bits per heavy atom. The van der Waals surface area contributed by atoms with Crippen molar-refractivity contribution in [1.82, 2.24) is 0 Å². The number of rotatable bonds is 3. The van der Waals surface area contributed by atoms with Gasteiger partial charge in [0.2, 0.25) is 0 Å². The highest BCUT2D eigenvalue weighted by atomic mass is 79.9. The van der Waals surface area contributed by atoms with Crippen LogP contribution >= 0.6 is 27.3 Å². The van der Waals surface area contributed by atoms with E-state index >= 15 is 0 Å². The van der Waals surface area contributed by atoms with E-state index in [1.807, 2.05) is 11.3 Å². The minimum atomic E-state index is 0.269. The smallest absolute Gasteiger partial charge is 0.0492 e. The zero-order valence-corrected chi connectivity index (χ0v) is 15.2. The van der Waals surface area contributed by atoms with E-state index in [1.165, 1.54) is 16.2 Å². The van der Waals surface area contributed by atoms with Crippen molar-refractivity contribution < 1.29 is 0 Å². The van der Waals surface area contributed by atoms with Gasteiger partial charge in [0.1, 0.15) is 0 Å². The van der Waals surface area contributed by atoms with E-state index in [2.05, 4.69) is 76.5 Å². The van der Waals surface area contributed by atoms with Crippen LogP contribution in [0.1, 0.15) is 69.5 Å². The lowest BCUT2D eigenvalue weighted by Gasteiger charge is -2.28. The maximum Gasteiger partial charge on any atom is 0.0492 e. The minimum absolute atomic E-state index is 0.269.